The molecule has 0 aromatic heterocycles. The van der Waals surface area contributed by atoms with Gasteiger partial charge in [-0.05, 0) is 73.1 Å². The summed E-state index contributed by atoms with van der Waals surface area (Å²) in [6.45, 7) is 1.94. The molecule has 0 radical (unpaired) electrons. The number of hydrogen-bond donors (Lipinski definition) is 1. The molecule has 2 heterocycles. The van der Waals surface area contributed by atoms with Crippen molar-refractivity contribution < 1.29 is 14.3 Å². The van der Waals surface area contributed by atoms with Gasteiger partial charge < -0.3 is 14.8 Å². The lowest BCUT2D eigenvalue weighted by Crippen LogP contribution is -2.29. The standard InChI is InChI=1S/C21H21NO3/c1-12(23)13-5-7-18-17(9-13)15-3-2-4-16(15)21(22-18)14-6-8-19-20(10-14)25-11-24-19/h5-10,15-16,21-22H,2-4,11H2,1H3. The second-order valence-corrected chi connectivity index (χ2v) is 7.29. The van der Waals surface area contributed by atoms with E-state index in [9.17, 15) is 4.79 Å². The zero-order valence-corrected chi connectivity index (χ0v) is 14.2. The number of rotatable bonds is 2. The van der Waals surface area contributed by atoms with Gasteiger partial charge in [0.05, 0.1) is 6.04 Å². The molecule has 3 aliphatic rings. The molecule has 1 aliphatic carbocycles. The fourth-order valence-corrected chi connectivity index (χ4v) is 4.71. The highest BCUT2D eigenvalue weighted by Gasteiger charge is 2.40. The molecular weight excluding hydrogens is 314 g/mol. The van der Waals surface area contributed by atoms with Crippen molar-refractivity contribution in [3.63, 3.8) is 0 Å². The third kappa shape index (κ3) is 2.31. The number of ketones is 1. The number of carbonyl (C=O) groups excluding carboxylic acids is 1. The van der Waals surface area contributed by atoms with Crippen LogP contribution < -0.4 is 14.8 Å². The van der Waals surface area contributed by atoms with E-state index >= 15 is 0 Å². The van der Waals surface area contributed by atoms with Crippen LogP contribution in [0.4, 0.5) is 5.69 Å². The van der Waals surface area contributed by atoms with E-state index in [1.54, 1.807) is 6.92 Å². The third-order valence-electron chi connectivity index (χ3n) is 5.92. The van der Waals surface area contributed by atoms with Gasteiger partial charge in [0.15, 0.2) is 17.3 Å². The molecule has 4 nitrogen and oxygen atoms in total. The minimum absolute atomic E-state index is 0.134. The molecule has 128 valence electrons. The van der Waals surface area contributed by atoms with E-state index < -0.39 is 0 Å². The van der Waals surface area contributed by atoms with Gasteiger partial charge in [-0.2, -0.15) is 0 Å². The first-order chi connectivity index (χ1) is 12.2. The van der Waals surface area contributed by atoms with Gasteiger partial charge in [0.2, 0.25) is 6.79 Å². The molecule has 5 rings (SSSR count). The highest BCUT2D eigenvalue weighted by atomic mass is 16.7. The second kappa shape index (κ2) is 5.51. The molecule has 3 unspecified atom stereocenters. The fraction of sp³-hybridized carbons (Fsp3) is 0.381. The quantitative estimate of drug-likeness (QED) is 0.810. The molecule has 1 saturated carbocycles. The molecule has 2 aliphatic heterocycles. The maximum Gasteiger partial charge on any atom is 0.231 e. The summed E-state index contributed by atoms with van der Waals surface area (Å²) in [5.74, 6) is 2.87. The van der Waals surface area contributed by atoms with Crippen LogP contribution >= 0.6 is 0 Å². The molecule has 0 saturated heterocycles. The maximum atomic E-state index is 11.8. The van der Waals surface area contributed by atoms with E-state index in [2.05, 4.69) is 29.6 Å². The number of carbonyl (C=O) groups is 1. The van der Waals surface area contributed by atoms with Crippen LogP contribution in [0.25, 0.3) is 0 Å². The van der Waals surface area contributed by atoms with Gasteiger partial charge in [-0.1, -0.05) is 12.5 Å². The van der Waals surface area contributed by atoms with Crippen molar-refractivity contribution in [2.45, 2.75) is 38.1 Å². The first-order valence-corrected chi connectivity index (χ1v) is 9.01. The van der Waals surface area contributed by atoms with Crippen molar-refractivity contribution in [3.8, 4) is 11.5 Å². The molecule has 4 heteroatoms. The van der Waals surface area contributed by atoms with Gasteiger partial charge >= 0.3 is 0 Å². The first-order valence-electron chi connectivity index (χ1n) is 9.01. The van der Waals surface area contributed by atoms with E-state index in [1.807, 2.05) is 12.1 Å². The second-order valence-electron chi connectivity index (χ2n) is 7.29. The maximum absolute atomic E-state index is 11.8. The summed E-state index contributed by atoms with van der Waals surface area (Å²) in [6, 6.07) is 12.7. The highest BCUT2D eigenvalue weighted by Crippen LogP contribution is 2.53. The Morgan fingerprint density at radius 1 is 1.08 bits per heavy atom. The summed E-state index contributed by atoms with van der Waals surface area (Å²) in [5.41, 5.74) is 4.54. The summed E-state index contributed by atoms with van der Waals surface area (Å²) in [5, 5.41) is 3.73. The Morgan fingerprint density at radius 3 is 2.84 bits per heavy atom. The third-order valence-corrected chi connectivity index (χ3v) is 5.92. The van der Waals surface area contributed by atoms with Crippen LogP contribution in [0.2, 0.25) is 0 Å². The van der Waals surface area contributed by atoms with Crippen LogP contribution in [0.3, 0.4) is 0 Å². The minimum Gasteiger partial charge on any atom is -0.454 e. The molecule has 0 spiro atoms. The number of anilines is 1. The summed E-state index contributed by atoms with van der Waals surface area (Å²) < 4.78 is 11.0. The lowest BCUT2D eigenvalue weighted by molar-refractivity contribution is 0.101. The molecule has 2 aromatic rings. The van der Waals surface area contributed by atoms with Crippen LogP contribution in [-0.4, -0.2) is 12.6 Å². The van der Waals surface area contributed by atoms with Crippen molar-refractivity contribution in [3.05, 3.63) is 53.1 Å². The largest absolute Gasteiger partial charge is 0.454 e. The average molecular weight is 335 g/mol. The van der Waals surface area contributed by atoms with Gasteiger partial charge in [-0.3, -0.25) is 4.79 Å². The fourth-order valence-electron chi connectivity index (χ4n) is 4.71. The Bertz CT molecular complexity index is 860. The summed E-state index contributed by atoms with van der Waals surface area (Å²) in [4.78, 5) is 11.8. The number of fused-ring (bicyclic) bond motifs is 4. The number of nitrogens with one attached hydrogen (secondary N) is 1. The predicted molar refractivity (Wildman–Crippen MR) is 95.5 cm³/mol. The van der Waals surface area contributed by atoms with Crippen LogP contribution in [0.1, 0.15) is 59.6 Å². The molecule has 1 N–H and O–H groups in total. The van der Waals surface area contributed by atoms with Gasteiger partial charge in [-0.25, -0.2) is 0 Å². The molecule has 0 bridgehead atoms. The lowest BCUT2D eigenvalue weighted by Gasteiger charge is -2.38. The van der Waals surface area contributed by atoms with Crippen molar-refractivity contribution in [2.75, 3.05) is 12.1 Å². The molecular formula is C21H21NO3. The topological polar surface area (TPSA) is 47.6 Å². The monoisotopic (exact) mass is 335 g/mol. The van der Waals surface area contributed by atoms with Crippen LogP contribution in [0.15, 0.2) is 36.4 Å². The normalized spacial score (nSPS) is 25.9. The number of ether oxygens (including phenoxy) is 2. The van der Waals surface area contributed by atoms with Gasteiger partial charge in [-0.15, -0.1) is 0 Å². The Kier molecular flexibility index (Phi) is 3.27. The molecule has 3 atom stereocenters. The Labute approximate surface area is 147 Å². The summed E-state index contributed by atoms with van der Waals surface area (Å²) in [6.07, 6.45) is 3.64. The van der Waals surface area contributed by atoms with Gasteiger partial charge in [0.25, 0.3) is 0 Å². The first kappa shape index (κ1) is 14.8. The smallest absolute Gasteiger partial charge is 0.231 e. The molecule has 1 fully saturated rings. The zero-order chi connectivity index (χ0) is 17.0. The Balaban J connectivity index is 1.56. The van der Waals surface area contributed by atoms with Crippen molar-refractivity contribution >= 4 is 11.5 Å². The number of Topliss-reactive ketones (excluding diaryl/α,β-unsaturated/α-hetero) is 1. The summed E-state index contributed by atoms with van der Waals surface area (Å²) in [7, 11) is 0. The van der Waals surface area contributed by atoms with Crippen molar-refractivity contribution in [1.29, 1.82) is 0 Å². The van der Waals surface area contributed by atoms with Crippen molar-refractivity contribution in [1.82, 2.24) is 0 Å². The molecule has 2 aromatic carbocycles. The molecule has 0 amide bonds. The highest BCUT2D eigenvalue weighted by molar-refractivity contribution is 5.94. The van der Waals surface area contributed by atoms with Gasteiger partial charge in [0, 0.05) is 11.3 Å². The van der Waals surface area contributed by atoms with Crippen LogP contribution in [-0.2, 0) is 0 Å². The van der Waals surface area contributed by atoms with Crippen LogP contribution in [0.5, 0.6) is 11.5 Å². The lowest BCUT2D eigenvalue weighted by atomic mass is 9.77. The van der Waals surface area contributed by atoms with E-state index in [4.69, 9.17) is 9.47 Å². The zero-order valence-electron chi connectivity index (χ0n) is 14.2. The van der Waals surface area contributed by atoms with Gasteiger partial charge in [0.1, 0.15) is 0 Å². The van der Waals surface area contributed by atoms with E-state index in [0.29, 0.717) is 18.6 Å². The molecule has 25 heavy (non-hydrogen) atoms. The Hall–Kier alpha value is -2.49. The average Bonchev–Trinajstić information content (AvgIpc) is 3.29. The van der Waals surface area contributed by atoms with E-state index in [-0.39, 0.29) is 11.8 Å². The predicted octanol–water partition coefficient (Wildman–Crippen LogP) is 4.67. The summed E-state index contributed by atoms with van der Waals surface area (Å²) >= 11 is 0. The number of hydrogen-bond acceptors (Lipinski definition) is 4. The number of benzene rings is 2. The van der Waals surface area contributed by atoms with E-state index in [0.717, 1.165) is 22.7 Å². The van der Waals surface area contributed by atoms with E-state index in [1.165, 1.54) is 30.4 Å². The SMILES string of the molecule is CC(=O)c1ccc2c(c1)C1CCCC1C(c1ccc3c(c1)OCO3)N2. The Morgan fingerprint density at radius 2 is 1.96 bits per heavy atom. The minimum atomic E-state index is 0.134. The van der Waals surface area contributed by atoms with Crippen LogP contribution in [0, 0.1) is 5.92 Å². The van der Waals surface area contributed by atoms with Crippen molar-refractivity contribution in [2.24, 2.45) is 5.92 Å².